The lowest BCUT2D eigenvalue weighted by atomic mass is 10.1. The van der Waals surface area contributed by atoms with Crippen LogP contribution in [0.2, 0.25) is 0 Å². The number of halogens is 5. The molecule has 1 aliphatic heterocycles. The maximum atomic E-state index is 14.4. The highest BCUT2D eigenvalue weighted by molar-refractivity contribution is 8.53. The molecule has 2 rings (SSSR count). The molecule has 0 fully saturated rings. The van der Waals surface area contributed by atoms with Gasteiger partial charge in [0.15, 0.2) is 0 Å². The van der Waals surface area contributed by atoms with Crippen molar-refractivity contribution in [1.82, 2.24) is 0 Å². The highest BCUT2D eigenvalue weighted by Gasteiger charge is 2.71. The van der Waals surface area contributed by atoms with Crippen LogP contribution in [0.1, 0.15) is 5.56 Å². The molecule has 1 aromatic rings. The Labute approximate surface area is 105 Å². The van der Waals surface area contributed by atoms with Gasteiger partial charge in [0.25, 0.3) is 5.00 Å². The first kappa shape index (κ1) is 13.5. The van der Waals surface area contributed by atoms with Gasteiger partial charge >= 0.3 is 11.5 Å². The van der Waals surface area contributed by atoms with Gasteiger partial charge in [-0.15, -0.1) is 0 Å². The minimum absolute atomic E-state index is 0.00951. The van der Waals surface area contributed by atoms with E-state index in [0.29, 0.717) is 0 Å². The fourth-order valence-corrected chi connectivity index (χ4v) is 5.09. The number of carbonyl (C=O) groups is 1. The van der Waals surface area contributed by atoms with Gasteiger partial charge in [-0.3, -0.25) is 0 Å². The quantitative estimate of drug-likeness (QED) is 0.801. The number of carboxylic acids is 1. The Bertz CT molecular complexity index is 521. The van der Waals surface area contributed by atoms with E-state index < -0.39 is 37.0 Å². The first-order valence-electron chi connectivity index (χ1n) is 4.73. The van der Waals surface area contributed by atoms with Gasteiger partial charge in [-0.2, -0.15) is 13.2 Å². The SMILES string of the molecule is O=C(O)C1(F)Cc2ccccc2S1(Cl)C(F)(F)F. The van der Waals surface area contributed by atoms with Crippen LogP contribution in [0.3, 0.4) is 0 Å². The maximum Gasteiger partial charge on any atom is 0.445 e. The lowest BCUT2D eigenvalue weighted by Gasteiger charge is -2.38. The molecule has 0 radical (unpaired) electrons. The number of hydrogen-bond donors (Lipinski definition) is 1. The number of carboxylic acid groups (broad SMARTS) is 1. The number of hydrogen-bond acceptors (Lipinski definition) is 1. The summed E-state index contributed by atoms with van der Waals surface area (Å²) in [5, 5.41) is 5.29. The molecule has 100 valence electrons. The summed E-state index contributed by atoms with van der Waals surface area (Å²) < 4.78 is 53.6. The fraction of sp³-hybridized carbons (Fsp3) is 0.300. The third-order valence-corrected chi connectivity index (χ3v) is 7.39. The van der Waals surface area contributed by atoms with Crippen LogP contribution in [0.15, 0.2) is 29.2 Å². The van der Waals surface area contributed by atoms with Crippen LogP contribution in [-0.4, -0.2) is 21.6 Å². The Morgan fingerprint density at radius 2 is 1.94 bits per heavy atom. The zero-order chi connectivity index (χ0) is 13.8. The monoisotopic (exact) mass is 302 g/mol. The van der Waals surface area contributed by atoms with E-state index in [1.54, 1.807) is 0 Å². The third kappa shape index (κ3) is 1.46. The Hall–Kier alpha value is -0.950. The van der Waals surface area contributed by atoms with Crippen molar-refractivity contribution in [3.63, 3.8) is 0 Å². The van der Waals surface area contributed by atoms with Gasteiger partial charge in [-0.1, -0.05) is 18.2 Å². The molecule has 0 aliphatic carbocycles. The molecule has 1 heterocycles. The van der Waals surface area contributed by atoms with Crippen molar-refractivity contribution in [3.05, 3.63) is 29.8 Å². The fourth-order valence-electron chi connectivity index (χ4n) is 1.95. The Morgan fingerprint density at radius 3 is 2.44 bits per heavy atom. The summed E-state index contributed by atoms with van der Waals surface area (Å²) in [6, 6.07) is 4.99. The van der Waals surface area contributed by atoms with Gasteiger partial charge in [0.1, 0.15) is 0 Å². The highest BCUT2D eigenvalue weighted by Crippen LogP contribution is 2.82. The average Bonchev–Trinajstić information content (AvgIpc) is 2.50. The molecular weight excluding hydrogens is 296 g/mol. The van der Waals surface area contributed by atoms with Crippen LogP contribution in [0.5, 0.6) is 0 Å². The summed E-state index contributed by atoms with van der Waals surface area (Å²) in [5.74, 6) is -2.18. The summed E-state index contributed by atoms with van der Waals surface area (Å²) >= 11 is 0. The molecule has 0 saturated carbocycles. The predicted octanol–water partition coefficient (Wildman–Crippen LogP) is 3.83. The van der Waals surface area contributed by atoms with Crippen molar-refractivity contribution in [3.8, 4) is 0 Å². The van der Waals surface area contributed by atoms with Crippen molar-refractivity contribution in [1.29, 1.82) is 0 Å². The molecule has 2 atom stereocenters. The van der Waals surface area contributed by atoms with Gasteiger partial charge in [0.2, 0.25) is 0 Å². The predicted molar refractivity (Wildman–Crippen MR) is 59.4 cm³/mol. The van der Waals surface area contributed by atoms with Crippen molar-refractivity contribution < 1.29 is 27.5 Å². The molecule has 8 heteroatoms. The number of rotatable bonds is 1. The summed E-state index contributed by atoms with van der Waals surface area (Å²) in [6.07, 6.45) is -0.864. The first-order valence-corrected chi connectivity index (χ1v) is 7.19. The highest BCUT2D eigenvalue weighted by atomic mass is 35.7. The average molecular weight is 303 g/mol. The second-order valence-electron chi connectivity index (χ2n) is 3.80. The molecule has 1 aliphatic rings. The van der Waals surface area contributed by atoms with Gasteiger partial charge < -0.3 is 5.11 Å². The van der Waals surface area contributed by atoms with Crippen LogP contribution >= 0.6 is 19.9 Å². The largest absolute Gasteiger partial charge is 0.478 e. The van der Waals surface area contributed by atoms with Gasteiger partial charge in [0, 0.05) is 20.6 Å². The summed E-state index contributed by atoms with van der Waals surface area (Å²) in [6.45, 7) is 0. The van der Waals surface area contributed by atoms with Gasteiger partial charge in [-0.05, 0) is 22.3 Å². The van der Waals surface area contributed by atoms with Crippen LogP contribution in [0, 0.1) is 0 Å². The second-order valence-corrected chi connectivity index (χ2v) is 7.82. The normalized spacial score (nSPS) is 34.7. The molecule has 0 amide bonds. The van der Waals surface area contributed by atoms with Crippen LogP contribution in [0.25, 0.3) is 0 Å². The molecule has 0 spiro atoms. The van der Waals surface area contributed by atoms with E-state index in [9.17, 15) is 22.4 Å². The molecular formula is C10H7ClF4O2S. The van der Waals surface area contributed by atoms with E-state index in [-0.39, 0.29) is 5.56 Å². The number of benzene rings is 1. The minimum Gasteiger partial charge on any atom is -0.478 e. The molecule has 0 aromatic heterocycles. The molecule has 2 unspecified atom stereocenters. The molecule has 0 bridgehead atoms. The molecule has 18 heavy (non-hydrogen) atoms. The van der Waals surface area contributed by atoms with E-state index in [4.69, 9.17) is 15.8 Å². The van der Waals surface area contributed by atoms with E-state index in [2.05, 4.69) is 0 Å². The Balaban J connectivity index is 2.75. The summed E-state index contributed by atoms with van der Waals surface area (Å²) in [5.41, 5.74) is -5.14. The van der Waals surface area contributed by atoms with E-state index in [1.165, 1.54) is 18.2 Å². The van der Waals surface area contributed by atoms with Crippen molar-refractivity contribution >= 4 is 25.9 Å². The molecule has 2 nitrogen and oxygen atoms in total. The van der Waals surface area contributed by atoms with Gasteiger partial charge in [-0.25, -0.2) is 9.18 Å². The van der Waals surface area contributed by atoms with Crippen molar-refractivity contribution in [2.24, 2.45) is 0 Å². The van der Waals surface area contributed by atoms with E-state index in [0.717, 1.165) is 6.07 Å². The Kier molecular flexibility index (Phi) is 2.82. The van der Waals surface area contributed by atoms with Crippen LogP contribution in [-0.2, 0) is 11.2 Å². The molecule has 1 aromatic carbocycles. The molecule has 1 N–H and O–H groups in total. The number of fused-ring (bicyclic) bond motifs is 1. The van der Waals surface area contributed by atoms with Gasteiger partial charge in [0.05, 0.1) is 0 Å². The molecule has 0 saturated heterocycles. The first-order chi connectivity index (χ1) is 8.14. The van der Waals surface area contributed by atoms with Crippen molar-refractivity contribution in [2.75, 3.05) is 0 Å². The Morgan fingerprint density at radius 1 is 1.39 bits per heavy atom. The number of alkyl halides is 4. The standard InChI is InChI=1S/C10H7ClF4O2S/c11-18(10(13,14)15)7-4-2-1-3-6(7)5-9(18,12)8(16)17/h1-4H,5H2,(H,16,17). The van der Waals surface area contributed by atoms with Crippen LogP contribution in [0.4, 0.5) is 17.6 Å². The smallest absolute Gasteiger partial charge is 0.445 e. The number of aliphatic carboxylic acids is 1. The zero-order valence-electron chi connectivity index (χ0n) is 8.67. The van der Waals surface area contributed by atoms with Crippen molar-refractivity contribution in [2.45, 2.75) is 21.8 Å². The third-order valence-electron chi connectivity index (χ3n) is 2.78. The van der Waals surface area contributed by atoms with Crippen LogP contribution < -0.4 is 0 Å². The second kappa shape index (κ2) is 3.77. The topological polar surface area (TPSA) is 37.3 Å². The minimum atomic E-state index is -5.13. The lowest BCUT2D eigenvalue weighted by Crippen LogP contribution is -2.40. The maximum absolute atomic E-state index is 14.4. The zero-order valence-corrected chi connectivity index (χ0v) is 10.2. The lowest BCUT2D eigenvalue weighted by molar-refractivity contribution is -0.145. The van der Waals surface area contributed by atoms with E-state index in [1.807, 2.05) is 0 Å². The van der Waals surface area contributed by atoms with E-state index >= 15 is 0 Å². The summed E-state index contributed by atoms with van der Waals surface area (Å²) in [7, 11) is 0.869. The summed E-state index contributed by atoms with van der Waals surface area (Å²) in [4.78, 5) is 10.5.